The number of halogens is 1. The average Bonchev–Trinajstić information content (AvgIpc) is 2.69. The Morgan fingerprint density at radius 1 is 1.07 bits per heavy atom. The molecule has 28 heavy (non-hydrogen) atoms. The number of benzene rings is 2. The van der Waals surface area contributed by atoms with Crippen molar-refractivity contribution in [1.29, 1.82) is 0 Å². The monoisotopic (exact) mass is 379 g/mol. The molecule has 0 radical (unpaired) electrons. The summed E-state index contributed by atoms with van der Waals surface area (Å²) < 4.78 is 19.3. The number of rotatable bonds is 7. The summed E-state index contributed by atoms with van der Waals surface area (Å²) >= 11 is 0. The molecule has 0 saturated heterocycles. The van der Waals surface area contributed by atoms with E-state index < -0.39 is 0 Å². The third-order valence-corrected chi connectivity index (χ3v) is 3.92. The van der Waals surface area contributed by atoms with Gasteiger partial charge in [0.05, 0.1) is 6.10 Å². The van der Waals surface area contributed by atoms with Crippen molar-refractivity contribution < 1.29 is 13.9 Å². The number of carbonyl (C=O) groups excluding carboxylic acids is 1. The maximum atomic E-state index is 13.7. The summed E-state index contributed by atoms with van der Waals surface area (Å²) in [6, 6.07) is 17.1. The summed E-state index contributed by atoms with van der Waals surface area (Å²) in [6.45, 7) is 4.22. The van der Waals surface area contributed by atoms with Crippen LogP contribution in [0.5, 0.6) is 5.75 Å². The van der Waals surface area contributed by atoms with Crippen LogP contribution < -0.4 is 15.4 Å². The van der Waals surface area contributed by atoms with Crippen LogP contribution in [-0.2, 0) is 6.54 Å². The Kier molecular flexibility index (Phi) is 6.22. The van der Waals surface area contributed by atoms with Crippen molar-refractivity contribution >= 4 is 17.3 Å². The first-order valence-electron chi connectivity index (χ1n) is 9.02. The minimum absolute atomic E-state index is 0.0873. The number of amides is 1. The van der Waals surface area contributed by atoms with Crippen LogP contribution in [0.15, 0.2) is 66.9 Å². The first-order chi connectivity index (χ1) is 13.5. The summed E-state index contributed by atoms with van der Waals surface area (Å²) in [4.78, 5) is 16.6. The zero-order chi connectivity index (χ0) is 19.9. The summed E-state index contributed by atoms with van der Waals surface area (Å²) in [5.74, 6) is 0.143. The lowest BCUT2D eigenvalue weighted by Crippen LogP contribution is -2.14. The van der Waals surface area contributed by atoms with Crippen molar-refractivity contribution in [3.63, 3.8) is 0 Å². The number of nitrogens with zero attached hydrogens (tertiary/aromatic N) is 1. The molecule has 0 aliphatic heterocycles. The number of hydrogen-bond donors (Lipinski definition) is 2. The van der Waals surface area contributed by atoms with Gasteiger partial charge in [0.2, 0.25) is 0 Å². The molecule has 1 amide bonds. The number of anilines is 2. The van der Waals surface area contributed by atoms with Crippen molar-refractivity contribution in [2.45, 2.75) is 26.5 Å². The number of pyridine rings is 1. The van der Waals surface area contributed by atoms with Crippen LogP contribution in [0.2, 0.25) is 0 Å². The highest BCUT2D eigenvalue weighted by atomic mass is 19.1. The minimum atomic E-state index is -0.327. The zero-order valence-electron chi connectivity index (χ0n) is 15.8. The Bertz CT molecular complexity index is 943. The van der Waals surface area contributed by atoms with E-state index in [2.05, 4.69) is 15.6 Å². The van der Waals surface area contributed by atoms with Crippen LogP contribution in [-0.4, -0.2) is 17.0 Å². The van der Waals surface area contributed by atoms with Crippen LogP contribution in [0.3, 0.4) is 0 Å². The molecule has 2 N–H and O–H groups in total. The first kappa shape index (κ1) is 19.4. The van der Waals surface area contributed by atoms with Crippen molar-refractivity contribution in [1.82, 2.24) is 4.98 Å². The number of nitrogens with one attached hydrogen (secondary N) is 2. The standard InChI is InChI=1S/C22H22FN3O2/c1-15(2)28-19-9-7-17(8-10-19)26-22(27)21-13-18(11-12-24-21)25-14-16-5-3-4-6-20(16)23/h3-13,15H,14H2,1-2H3,(H,24,25)(H,26,27). The number of carbonyl (C=O) groups is 1. The molecule has 3 aromatic rings. The highest BCUT2D eigenvalue weighted by molar-refractivity contribution is 6.03. The Labute approximate surface area is 163 Å². The van der Waals surface area contributed by atoms with Crippen molar-refractivity contribution in [2.24, 2.45) is 0 Å². The third kappa shape index (κ3) is 5.30. The van der Waals surface area contributed by atoms with Crippen molar-refractivity contribution in [3.8, 4) is 5.75 Å². The van der Waals surface area contributed by atoms with Crippen LogP contribution in [0, 0.1) is 5.82 Å². The summed E-state index contributed by atoms with van der Waals surface area (Å²) in [7, 11) is 0. The van der Waals surface area contributed by atoms with E-state index in [0.717, 1.165) is 5.75 Å². The summed E-state index contributed by atoms with van der Waals surface area (Å²) in [5, 5.41) is 5.91. The van der Waals surface area contributed by atoms with Gasteiger partial charge in [0.25, 0.3) is 5.91 Å². The van der Waals surface area contributed by atoms with Gasteiger partial charge in [-0.2, -0.15) is 0 Å². The Balaban J connectivity index is 1.62. The quantitative estimate of drug-likeness (QED) is 0.615. The highest BCUT2D eigenvalue weighted by Gasteiger charge is 2.09. The topological polar surface area (TPSA) is 63.2 Å². The smallest absolute Gasteiger partial charge is 0.274 e. The van der Waals surface area contributed by atoms with Gasteiger partial charge in [0.15, 0.2) is 0 Å². The SMILES string of the molecule is CC(C)Oc1ccc(NC(=O)c2cc(NCc3ccccc3F)ccn2)cc1. The van der Waals surface area contributed by atoms with E-state index in [1.807, 2.05) is 13.8 Å². The fourth-order valence-electron chi connectivity index (χ4n) is 2.59. The Hall–Kier alpha value is -3.41. The second-order valence-electron chi connectivity index (χ2n) is 6.52. The molecule has 0 spiro atoms. The molecule has 6 heteroatoms. The predicted octanol–water partition coefficient (Wildman–Crippen LogP) is 4.87. The third-order valence-electron chi connectivity index (χ3n) is 3.92. The molecule has 0 atom stereocenters. The van der Waals surface area contributed by atoms with Gasteiger partial charge >= 0.3 is 0 Å². The van der Waals surface area contributed by atoms with Gasteiger partial charge in [0, 0.05) is 29.7 Å². The largest absolute Gasteiger partial charge is 0.491 e. The molecule has 0 saturated carbocycles. The maximum absolute atomic E-state index is 13.7. The number of aromatic nitrogens is 1. The molecule has 1 aromatic heterocycles. The van der Waals surface area contributed by atoms with E-state index in [0.29, 0.717) is 23.5 Å². The van der Waals surface area contributed by atoms with E-state index in [4.69, 9.17) is 4.74 Å². The average molecular weight is 379 g/mol. The molecule has 0 unspecified atom stereocenters. The fourth-order valence-corrected chi connectivity index (χ4v) is 2.59. The van der Waals surface area contributed by atoms with Crippen molar-refractivity contribution in [3.05, 3.63) is 83.9 Å². The maximum Gasteiger partial charge on any atom is 0.274 e. The molecule has 0 bridgehead atoms. The highest BCUT2D eigenvalue weighted by Crippen LogP contribution is 2.18. The van der Waals surface area contributed by atoms with Gasteiger partial charge in [-0.1, -0.05) is 18.2 Å². The predicted molar refractivity (Wildman–Crippen MR) is 108 cm³/mol. The molecule has 3 rings (SSSR count). The van der Waals surface area contributed by atoms with Crippen LogP contribution >= 0.6 is 0 Å². The second kappa shape index (κ2) is 8.99. The lowest BCUT2D eigenvalue weighted by molar-refractivity contribution is 0.102. The van der Waals surface area contributed by atoms with Gasteiger partial charge in [0.1, 0.15) is 17.3 Å². The van der Waals surface area contributed by atoms with E-state index >= 15 is 0 Å². The molecular formula is C22H22FN3O2. The molecule has 5 nitrogen and oxygen atoms in total. The Morgan fingerprint density at radius 2 is 1.82 bits per heavy atom. The molecule has 0 aliphatic rings. The molecule has 144 valence electrons. The number of ether oxygens (including phenoxy) is 1. The number of hydrogen-bond acceptors (Lipinski definition) is 4. The second-order valence-corrected chi connectivity index (χ2v) is 6.52. The van der Waals surface area contributed by atoms with E-state index in [9.17, 15) is 9.18 Å². The van der Waals surface area contributed by atoms with Crippen LogP contribution in [0.25, 0.3) is 0 Å². The summed E-state index contributed by atoms with van der Waals surface area (Å²) in [5.41, 5.74) is 2.15. The molecule has 0 aliphatic carbocycles. The van der Waals surface area contributed by atoms with Gasteiger partial charge < -0.3 is 15.4 Å². The molecule has 2 aromatic carbocycles. The van der Waals surface area contributed by atoms with Gasteiger partial charge in [-0.15, -0.1) is 0 Å². The zero-order valence-corrected chi connectivity index (χ0v) is 15.8. The van der Waals surface area contributed by atoms with Crippen molar-refractivity contribution in [2.75, 3.05) is 10.6 Å². The lowest BCUT2D eigenvalue weighted by Gasteiger charge is -2.11. The minimum Gasteiger partial charge on any atom is -0.491 e. The fraction of sp³-hybridized carbons (Fsp3) is 0.182. The van der Waals surface area contributed by atoms with Crippen LogP contribution in [0.4, 0.5) is 15.8 Å². The normalized spacial score (nSPS) is 10.6. The van der Waals surface area contributed by atoms with Gasteiger partial charge in [-0.05, 0) is 56.3 Å². The molecule has 1 heterocycles. The summed E-state index contributed by atoms with van der Waals surface area (Å²) in [6.07, 6.45) is 1.63. The van der Waals surface area contributed by atoms with E-state index in [1.165, 1.54) is 12.3 Å². The van der Waals surface area contributed by atoms with E-state index in [1.54, 1.807) is 54.6 Å². The van der Waals surface area contributed by atoms with Gasteiger partial charge in [-0.25, -0.2) is 4.39 Å². The molecule has 0 fully saturated rings. The first-order valence-corrected chi connectivity index (χ1v) is 9.02. The van der Waals surface area contributed by atoms with Crippen LogP contribution in [0.1, 0.15) is 29.9 Å². The van der Waals surface area contributed by atoms with E-state index in [-0.39, 0.29) is 23.5 Å². The lowest BCUT2D eigenvalue weighted by atomic mass is 10.2. The Morgan fingerprint density at radius 3 is 2.54 bits per heavy atom. The molecular weight excluding hydrogens is 357 g/mol. The van der Waals surface area contributed by atoms with Gasteiger partial charge in [-0.3, -0.25) is 9.78 Å².